The average Bonchev–Trinajstić information content (AvgIpc) is 3.17. The molecule has 2 aromatic carbocycles. The Balaban J connectivity index is 1.44. The zero-order valence-corrected chi connectivity index (χ0v) is 15.6. The number of benzene rings is 2. The third-order valence-electron chi connectivity index (χ3n) is 3.48. The predicted molar refractivity (Wildman–Crippen MR) is 105 cm³/mol. The third-order valence-corrected chi connectivity index (χ3v) is 3.48. The Labute approximate surface area is 162 Å². The van der Waals surface area contributed by atoms with Gasteiger partial charge < -0.3 is 9.47 Å². The molecular weight excluding hydrogens is 358 g/mol. The Bertz CT molecular complexity index is 921. The van der Waals surface area contributed by atoms with E-state index in [1.165, 1.54) is 6.33 Å². The van der Waals surface area contributed by atoms with Crippen LogP contribution in [0.25, 0.3) is 5.69 Å². The van der Waals surface area contributed by atoms with Gasteiger partial charge in [-0.25, -0.2) is 10.1 Å². The van der Waals surface area contributed by atoms with Gasteiger partial charge in [0.05, 0.1) is 18.0 Å². The van der Waals surface area contributed by atoms with E-state index >= 15 is 0 Å². The largest absolute Gasteiger partial charge is 0.491 e. The van der Waals surface area contributed by atoms with E-state index in [-0.39, 0.29) is 18.7 Å². The van der Waals surface area contributed by atoms with Crippen LogP contribution in [0.1, 0.15) is 19.4 Å². The molecule has 144 valence electrons. The molecule has 0 aliphatic rings. The summed E-state index contributed by atoms with van der Waals surface area (Å²) in [6.45, 7) is 3.69. The molecule has 0 saturated carbocycles. The van der Waals surface area contributed by atoms with E-state index in [0.29, 0.717) is 0 Å². The van der Waals surface area contributed by atoms with Crippen LogP contribution >= 0.6 is 0 Å². The maximum absolute atomic E-state index is 11.8. The highest BCUT2D eigenvalue weighted by atomic mass is 16.5. The van der Waals surface area contributed by atoms with Crippen molar-refractivity contribution in [3.63, 3.8) is 0 Å². The molecule has 1 heterocycles. The number of carbonyl (C=O) groups is 1. The van der Waals surface area contributed by atoms with Gasteiger partial charge in [0.1, 0.15) is 12.1 Å². The van der Waals surface area contributed by atoms with E-state index < -0.39 is 5.91 Å². The van der Waals surface area contributed by atoms with Crippen molar-refractivity contribution < 1.29 is 14.3 Å². The third kappa shape index (κ3) is 5.66. The molecule has 1 N–H and O–H groups in total. The molecule has 0 atom stereocenters. The molecule has 0 spiro atoms. The van der Waals surface area contributed by atoms with Gasteiger partial charge in [-0.05, 0) is 55.8 Å². The highest BCUT2D eigenvalue weighted by Crippen LogP contribution is 2.12. The van der Waals surface area contributed by atoms with Crippen molar-refractivity contribution in [1.29, 1.82) is 0 Å². The summed E-state index contributed by atoms with van der Waals surface area (Å²) in [5.41, 5.74) is 4.08. The van der Waals surface area contributed by atoms with Crippen molar-refractivity contribution in [2.45, 2.75) is 20.0 Å². The molecule has 3 rings (SSSR count). The summed E-state index contributed by atoms with van der Waals surface area (Å²) in [4.78, 5) is 15.8. The van der Waals surface area contributed by atoms with E-state index in [0.717, 1.165) is 17.0 Å². The van der Waals surface area contributed by atoms with E-state index in [9.17, 15) is 4.79 Å². The minimum atomic E-state index is -0.410. The minimum absolute atomic E-state index is 0.115. The highest BCUT2D eigenvalue weighted by Gasteiger charge is 2.06. The lowest BCUT2D eigenvalue weighted by molar-refractivity contribution is -0.123. The van der Waals surface area contributed by atoms with Gasteiger partial charge in [0, 0.05) is 0 Å². The first-order valence-corrected chi connectivity index (χ1v) is 8.78. The lowest BCUT2D eigenvalue weighted by atomic mass is 10.2. The number of amides is 1. The number of hydrazone groups is 1. The first-order valence-electron chi connectivity index (χ1n) is 8.78. The van der Waals surface area contributed by atoms with Gasteiger partial charge in [-0.3, -0.25) is 4.79 Å². The zero-order valence-electron chi connectivity index (χ0n) is 15.6. The zero-order chi connectivity index (χ0) is 19.8. The van der Waals surface area contributed by atoms with Crippen LogP contribution in [0, 0.1) is 0 Å². The number of nitrogens with zero attached hydrogens (tertiary/aromatic N) is 4. The van der Waals surface area contributed by atoms with Crippen LogP contribution in [0.2, 0.25) is 0 Å². The van der Waals surface area contributed by atoms with E-state index in [4.69, 9.17) is 9.47 Å². The summed E-state index contributed by atoms with van der Waals surface area (Å²) in [5, 5.41) is 8.07. The van der Waals surface area contributed by atoms with E-state index in [1.807, 2.05) is 68.4 Å². The molecule has 0 radical (unpaired) electrons. The molecule has 28 heavy (non-hydrogen) atoms. The van der Waals surface area contributed by atoms with Gasteiger partial charge in [-0.1, -0.05) is 18.2 Å². The number of nitrogens with one attached hydrogen (secondary N) is 1. The average molecular weight is 379 g/mol. The molecule has 0 aliphatic heterocycles. The van der Waals surface area contributed by atoms with Crippen LogP contribution in [0.5, 0.6) is 11.8 Å². The lowest BCUT2D eigenvalue weighted by Gasteiger charge is -2.09. The van der Waals surface area contributed by atoms with Gasteiger partial charge in [-0.2, -0.15) is 10.1 Å². The topological polar surface area (TPSA) is 90.6 Å². The normalized spacial score (nSPS) is 11.0. The fourth-order valence-electron chi connectivity index (χ4n) is 2.26. The van der Waals surface area contributed by atoms with Crippen molar-refractivity contribution in [3.05, 3.63) is 66.5 Å². The van der Waals surface area contributed by atoms with E-state index in [1.54, 1.807) is 10.9 Å². The Kier molecular flexibility index (Phi) is 6.35. The number of hydrogen-bond donors (Lipinski definition) is 1. The van der Waals surface area contributed by atoms with Crippen LogP contribution < -0.4 is 14.9 Å². The fraction of sp³-hybridized carbons (Fsp3) is 0.200. The minimum Gasteiger partial charge on any atom is -0.491 e. The van der Waals surface area contributed by atoms with E-state index in [2.05, 4.69) is 20.6 Å². The van der Waals surface area contributed by atoms with Gasteiger partial charge in [0.15, 0.2) is 6.61 Å². The van der Waals surface area contributed by atoms with Gasteiger partial charge >= 0.3 is 6.01 Å². The molecule has 8 nitrogen and oxygen atoms in total. The molecule has 3 aromatic rings. The monoisotopic (exact) mass is 379 g/mol. The van der Waals surface area contributed by atoms with Crippen LogP contribution in [-0.4, -0.2) is 39.6 Å². The first kappa shape index (κ1) is 19.1. The number of rotatable bonds is 8. The van der Waals surface area contributed by atoms with Crippen molar-refractivity contribution >= 4 is 12.1 Å². The molecule has 1 amide bonds. The lowest BCUT2D eigenvalue weighted by Crippen LogP contribution is -2.24. The van der Waals surface area contributed by atoms with Crippen LogP contribution in [0.15, 0.2) is 66.0 Å². The standard InChI is InChI=1S/C20H21N5O3/c1-15(2)28-18-10-8-16(9-11-18)12-22-23-19(26)13-27-20-21-14-25(24-20)17-6-4-3-5-7-17/h3-12,14-15H,13H2,1-2H3,(H,23,26). The SMILES string of the molecule is CC(C)Oc1ccc(C=NNC(=O)COc2ncn(-c3ccccc3)n2)cc1. The maximum Gasteiger partial charge on any atom is 0.336 e. The van der Waals surface area contributed by atoms with Crippen LogP contribution in [-0.2, 0) is 4.79 Å². The molecule has 0 bridgehead atoms. The Morgan fingerprint density at radius 3 is 2.64 bits per heavy atom. The van der Waals surface area contributed by atoms with Gasteiger partial charge in [-0.15, -0.1) is 5.10 Å². The number of aromatic nitrogens is 3. The second-order valence-corrected chi connectivity index (χ2v) is 6.12. The smallest absolute Gasteiger partial charge is 0.336 e. The molecular formula is C20H21N5O3. The van der Waals surface area contributed by atoms with Crippen LogP contribution in [0.3, 0.4) is 0 Å². The molecule has 1 aromatic heterocycles. The summed E-state index contributed by atoms with van der Waals surface area (Å²) < 4.78 is 12.4. The number of para-hydroxylation sites is 1. The Morgan fingerprint density at radius 1 is 1.18 bits per heavy atom. The quantitative estimate of drug-likeness (QED) is 0.480. The fourth-order valence-corrected chi connectivity index (χ4v) is 2.26. The molecule has 0 fully saturated rings. The highest BCUT2D eigenvalue weighted by molar-refractivity contribution is 5.83. The van der Waals surface area contributed by atoms with Crippen LogP contribution in [0.4, 0.5) is 0 Å². The number of hydrogen-bond acceptors (Lipinski definition) is 6. The summed E-state index contributed by atoms with van der Waals surface area (Å²) in [6.07, 6.45) is 3.18. The Morgan fingerprint density at radius 2 is 1.93 bits per heavy atom. The van der Waals surface area contributed by atoms with Crippen molar-refractivity contribution in [3.8, 4) is 17.4 Å². The summed E-state index contributed by atoms with van der Waals surface area (Å²) in [6, 6.07) is 17.0. The van der Waals surface area contributed by atoms with Gasteiger partial charge in [0.2, 0.25) is 0 Å². The summed E-state index contributed by atoms with van der Waals surface area (Å²) in [5.74, 6) is 0.374. The van der Waals surface area contributed by atoms with Crippen molar-refractivity contribution in [1.82, 2.24) is 20.2 Å². The second-order valence-electron chi connectivity index (χ2n) is 6.12. The molecule has 0 saturated heterocycles. The Hall–Kier alpha value is -3.68. The molecule has 0 unspecified atom stereocenters. The predicted octanol–water partition coefficient (Wildman–Crippen LogP) is 2.58. The maximum atomic E-state index is 11.8. The molecule has 8 heteroatoms. The number of carbonyl (C=O) groups excluding carboxylic acids is 1. The number of ether oxygens (including phenoxy) is 2. The van der Waals surface area contributed by atoms with Gasteiger partial charge in [0.25, 0.3) is 5.91 Å². The first-order chi connectivity index (χ1) is 13.6. The summed E-state index contributed by atoms with van der Waals surface area (Å²) >= 11 is 0. The van der Waals surface area contributed by atoms with Crippen molar-refractivity contribution in [2.75, 3.05) is 6.61 Å². The summed E-state index contributed by atoms with van der Waals surface area (Å²) in [7, 11) is 0. The second kappa shape index (κ2) is 9.31. The van der Waals surface area contributed by atoms with Crippen molar-refractivity contribution in [2.24, 2.45) is 5.10 Å². The molecule has 0 aliphatic carbocycles.